The lowest BCUT2D eigenvalue weighted by molar-refractivity contribution is -0.384. The van der Waals surface area contributed by atoms with Crippen molar-refractivity contribution in [3.63, 3.8) is 0 Å². The van der Waals surface area contributed by atoms with Gasteiger partial charge < -0.3 is 14.5 Å². The van der Waals surface area contributed by atoms with Crippen molar-refractivity contribution in [2.24, 2.45) is 0 Å². The van der Waals surface area contributed by atoms with E-state index in [1.54, 1.807) is 0 Å². The van der Waals surface area contributed by atoms with E-state index in [0.717, 1.165) is 34.4 Å². The van der Waals surface area contributed by atoms with Gasteiger partial charge in [-0.2, -0.15) is 0 Å². The van der Waals surface area contributed by atoms with Crippen LogP contribution in [0, 0.1) is 15.9 Å². The number of rotatable bonds is 6. The first-order valence-electron chi connectivity index (χ1n) is 9.19. The van der Waals surface area contributed by atoms with Crippen LogP contribution in [0.25, 0.3) is 21.7 Å². The average molecular weight is 422 g/mol. The molecule has 0 bridgehead atoms. The Morgan fingerprint density at radius 1 is 1.13 bits per heavy atom. The van der Waals surface area contributed by atoms with Crippen LogP contribution >= 0.6 is 0 Å². The number of nitrogens with one attached hydrogen (secondary N) is 1. The van der Waals surface area contributed by atoms with Gasteiger partial charge in [0.2, 0.25) is 0 Å². The summed E-state index contributed by atoms with van der Waals surface area (Å²) in [5.74, 6) is -2.34. The zero-order valence-electron chi connectivity index (χ0n) is 16.0. The maximum Gasteiger partial charge on any atom is 0.310 e. The van der Waals surface area contributed by atoms with E-state index in [4.69, 9.17) is 9.15 Å². The average Bonchev–Trinajstić information content (AvgIpc) is 3.17. The third-order valence-corrected chi connectivity index (χ3v) is 4.67. The van der Waals surface area contributed by atoms with Crippen LogP contribution in [-0.2, 0) is 20.7 Å². The number of hydrogen-bond donors (Lipinski definition) is 1. The van der Waals surface area contributed by atoms with E-state index >= 15 is 0 Å². The molecule has 0 aliphatic rings. The number of carbonyl (C=O) groups excluding carboxylic acids is 2. The second kappa shape index (κ2) is 8.23. The number of nitro groups is 1. The second-order valence-corrected chi connectivity index (χ2v) is 6.73. The number of hydrogen-bond acceptors (Lipinski definition) is 6. The molecule has 0 aliphatic carbocycles. The van der Waals surface area contributed by atoms with E-state index in [1.165, 1.54) is 6.26 Å². The number of carbonyl (C=O) groups is 2. The van der Waals surface area contributed by atoms with Crippen molar-refractivity contribution in [2.45, 2.75) is 6.42 Å². The standard InChI is InChI=1S/C22H15FN2O6/c23-17-7-6-15(25(28)29)10-18(17)24-20(26)12-31-21(27)9-14-11-30-19-8-5-13-3-1-2-4-16(13)22(14)19/h1-8,10-11H,9,12H2,(H,24,26). The van der Waals surface area contributed by atoms with Gasteiger partial charge >= 0.3 is 5.97 Å². The fourth-order valence-corrected chi connectivity index (χ4v) is 3.27. The number of esters is 1. The number of furan rings is 1. The molecular formula is C22H15FN2O6. The lowest BCUT2D eigenvalue weighted by Crippen LogP contribution is -2.22. The van der Waals surface area contributed by atoms with Crippen LogP contribution in [0.1, 0.15) is 5.56 Å². The molecule has 1 aromatic heterocycles. The monoisotopic (exact) mass is 422 g/mol. The molecule has 31 heavy (non-hydrogen) atoms. The number of anilines is 1. The molecule has 0 fully saturated rings. The molecule has 4 aromatic rings. The third kappa shape index (κ3) is 4.20. The van der Waals surface area contributed by atoms with Crippen LogP contribution in [-0.4, -0.2) is 23.4 Å². The summed E-state index contributed by atoms with van der Waals surface area (Å²) in [4.78, 5) is 34.3. The minimum absolute atomic E-state index is 0.126. The van der Waals surface area contributed by atoms with Gasteiger partial charge in [-0.25, -0.2) is 4.39 Å². The van der Waals surface area contributed by atoms with Gasteiger partial charge in [-0.1, -0.05) is 30.3 Å². The Balaban J connectivity index is 1.42. The van der Waals surface area contributed by atoms with E-state index in [1.807, 2.05) is 36.4 Å². The first-order valence-corrected chi connectivity index (χ1v) is 9.19. The number of nitro benzene ring substituents is 1. The Bertz CT molecular complexity index is 1330. The number of halogens is 1. The van der Waals surface area contributed by atoms with E-state index in [-0.39, 0.29) is 17.8 Å². The van der Waals surface area contributed by atoms with Crippen molar-refractivity contribution in [3.8, 4) is 0 Å². The summed E-state index contributed by atoms with van der Waals surface area (Å²) < 4.78 is 24.3. The summed E-state index contributed by atoms with van der Waals surface area (Å²) in [6, 6.07) is 14.1. The molecule has 8 nitrogen and oxygen atoms in total. The van der Waals surface area contributed by atoms with Gasteiger partial charge in [0.05, 0.1) is 23.3 Å². The smallest absolute Gasteiger partial charge is 0.310 e. The van der Waals surface area contributed by atoms with Gasteiger partial charge in [-0.3, -0.25) is 19.7 Å². The van der Waals surface area contributed by atoms with E-state index in [0.29, 0.717) is 11.1 Å². The van der Waals surface area contributed by atoms with Crippen molar-refractivity contribution in [3.05, 3.63) is 82.4 Å². The maximum atomic E-state index is 13.8. The highest BCUT2D eigenvalue weighted by molar-refractivity contribution is 6.08. The molecule has 1 N–H and O–H groups in total. The summed E-state index contributed by atoms with van der Waals surface area (Å²) in [6.07, 6.45) is 1.34. The largest absolute Gasteiger partial charge is 0.464 e. The topological polar surface area (TPSA) is 112 Å². The molecule has 0 atom stereocenters. The normalized spacial score (nSPS) is 10.9. The van der Waals surface area contributed by atoms with Crippen LogP contribution in [0.4, 0.5) is 15.8 Å². The highest BCUT2D eigenvalue weighted by atomic mass is 19.1. The minimum atomic E-state index is -0.845. The molecule has 0 aliphatic heterocycles. The van der Waals surface area contributed by atoms with Gasteiger partial charge in [0.15, 0.2) is 6.61 Å². The molecule has 0 spiro atoms. The molecule has 0 saturated heterocycles. The van der Waals surface area contributed by atoms with Crippen LogP contribution in [0.15, 0.2) is 65.3 Å². The maximum absolute atomic E-state index is 13.8. The summed E-state index contributed by atoms with van der Waals surface area (Å²) >= 11 is 0. The van der Waals surface area contributed by atoms with E-state index < -0.39 is 29.2 Å². The van der Waals surface area contributed by atoms with Crippen molar-refractivity contribution in [1.29, 1.82) is 0 Å². The molecule has 1 heterocycles. The summed E-state index contributed by atoms with van der Waals surface area (Å²) in [6.45, 7) is -0.669. The Hall–Kier alpha value is -4.27. The molecule has 0 saturated carbocycles. The zero-order valence-corrected chi connectivity index (χ0v) is 16.0. The molecule has 0 unspecified atom stereocenters. The SMILES string of the molecule is O=C(COC(=O)Cc1coc2ccc3ccccc3c12)Nc1cc([N+](=O)[O-])ccc1F. The van der Waals surface area contributed by atoms with Crippen molar-refractivity contribution >= 4 is 45.0 Å². The number of amides is 1. The summed E-state index contributed by atoms with van der Waals surface area (Å²) in [7, 11) is 0. The Morgan fingerprint density at radius 2 is 1.94 bits per heavy atom. The lowest BCUT2D eigenvalue weighted by atomic mass is 10.0. The summed E-state index contributed by atoms with van der Waals surface area (Å²) in [5, 5.41) is 15.7. The first-order chi connectivity index (χ1) is 14.9. The first kappa shape index (κ1) is 20.0. The van der Waals surface area contributed by atoms with Crippen LogP contribution < -0.4 is 5.32 Å². The third-order valence-electron chi connectivity index (χ3n) is 4.67. The van der Waals surface area contributed by atoms with Crippen LogP contribution in [0.3, 0.4) is 0 Å². The van der Waals surface area contributed by atoms with Gasteiger partial charge in [0.25, 0.3) is 11.6 Å². The van der Waals surface area contributed by atoms with Gasteiger partial charge in [-0.15, -0.1) is 0 Å². The quantitative estimate of drug-likeness (QED) is 0.281. The van der Waals surface area contributed by atoms with Gasteiger partial charge in [-0.05, 0) is 22.9 Å². The Labute approximate surface area is 174 Å². The molecule has 4 rings (SSSR count). The van der Waals surface area contributed by atoms with Crippen LogP contribution in [0.2, 0.25) is 0 Å². The lowest BCUT2D eigenvalue weighted by Gasteiger charge is -2.07. The number of non-ortho nitro benzene ring substituents is 1. The predicted molar refractivity (Wildman–Crippen MR) is 110 cm³/mol. The van der Waals surface area contributed by atoms with Crippen molar-refractivity contribution < 1.29 is 28.1 Å². The fraction of sp³-hybridized carbons (Fsp3) is 0.0909. The van der Waals surface area contributed by atoms with E-state index in [9.17, 15) is 24.1 Å². The second-order valence-electron chi connectivity index (χ2n) is 6.73. The Morgan fingerprint density at radius 3 is 2.74 bits per heavy atom. The number of nitrogens with zero attached hydrogens (tertiary/aromatic N) is 1. The molecular weight excluding hydrogens is 407 g/mol. The van der Waals surface area contributed by atoms with Crippen molar-refractivity contribution in [2.75, 3.05) is 11.9 Å². The molecule has 9 heteroatoms. The molecule has 0 radical (unpaired) electrons. The Kier molecular flexibility index (Phi) is 5.31. The highest BCUT2D eigenvalue weighted by Crippen LogP contribution is 2.30. The minimum Gasteiger partial charge on any atom is -0.464 e. The number of benzene rings is 3. The van der Waals surface area contributed by atoms with Gasteiger partial charge in [0, 0.05) is 23.1 Å². The zero-order chi connectivity index (χ0) is 22.0. The molecule has 156 valence electrons. The summed E-state index contributed by atoms with van der Waals surface area (Å²) in [5.41, 5.74) is 0.484. The van der Waals surface area contributed by atoms with Crippen LogP contribution in [0.5, 0.6) is 0 Å². The highest BCUT2D eigenvalue weighted by Gasteiger charge is 2.17. The predicted octanol–water partition coefficient (Wildman–Crippen LogP) is 4.36. The number of fused-ring (bicyclic) bond motifs is 3. The van der Waals surface area contributed by atoms with Crippen molar-refractivity contribution in [1.82, 2.24) is 0 Å². The fourth-order valence-electron chi connectivity index (χ4n) is 3.27. The molecule has 1 amide bonds. The van der Waals surface area contributed by atoms with E-state index in [2.05, 4.69) is 5.32 Å². The van der Waals surface area contributed by atoms with Gasteiger partial charge in [0.1, 0.15) is 11.4 Å². The number of ether oxygens (including phenoxy) is 1. The molecule has 3 aromatic carbocycles.